The predicted octanol–water partition coefficient (Wildman–Crippen LogP) is 3.65. The third-order valence-corrected chi connectivity index (χ3v) is 3.83. The van der Waals surface area contributed by atoms with Crippen LogP contribution < -0.4 is 0 Å². The SMILES string of the molecule is CCCC(CS)COCCc1cccs1. The van der Waals surface area contributed by atoms with Gasteiger partial charge in [0, 0.05) is 11.3 Å². The molecule has 0 radical (unpaired) electrons. The summed E-state index contributed by atoms with van der Waals surface area (Å²) in [6, 6.07) is 4.25. The van der Waals surface area contributed by atoms with Gasteiger partial charge in [0.25, 0.3) is 0 Å². The van der Waals surface area contributed by atoms with E-state index in [9.17, 15) is 0 Å². The first-order valence-electron chi connectivity index (χ1n) is 5.57. The second-order valence-corrected chi connectivity index (χ2v) is 5.14. The minimum atomic E-state index is 0.627. The van der Waals surface area contributed by atoms with Gasteiger partial charge in [0.2, 0.25) is 0 Å². The van der Waals surface area contributed by atoms with Crippen molar-refractivity contribution in [1.29, 1.82) is 0 Å². The lowest BCUT2D eigenvalue weighted by Crippen LogP contribution is -2.12. The van der Waals surface area contributed by atoms with Crippen molar-refractivity contribution < 1.29 is 4.74 Å². The first kappa shape index (κ1) is 13.1. The van der Waals surface area contributed by atoms with E-state index in [1.807, 2.05) is 0 Å². The Balaban J connectivity index is 2.05. The molecule has 1 heterocycles. The molecular formula is C12H20OS2. The van der Waals surface area contributed by atoms with E-state index in [1.165, 1.54) is 17.7 Å². The molecule has 0 bridgehead atoms. The highest BCUT2D eigenvalue weighted by atomic mass is 32.1. The van der Waals surface area contributed by atoms with E-state index in [2.05, 4.69) is 37.1 Å². The highest BCUT2D eigenvalue weighted by Gasteiger charge is 2.05. The zero-order valence-electron chi connectivity index (χ0n) is 9.32. The number of ether oxygens (including phenoxy) is 1. The van der Waals surface area contributed by atoms with Crippen LogP contribution >= 0.6 is 24.0 Å². The second-order valence-electron chi connectivity index (χ2n) is 3.74. The Morgan fingerprint density at radius 3 is 3.00 bits per heavy atom. The maximum absolute atomic E-state index is 5.67. The Hall–Kier alpha value is 0.01000. The summed E-state index contributed by atoms with van der Waals surface area (Å²) in [6.07, 6.45) is 3.49. The first-order chi connectivity index (χ1) is 7.36. The van der Waals surface area contributed by atoms with Gasteiger partial charge in [-0.1, -0.05) is 19.4 Å². The number of rotatable bonds is 8. The van der Waals surface area contributed by atoms with Gasteiger partial charge < -0.3 is 4.74 Å². The molecule has 1 rings (SSSR count). The van der Waals surface area contributed by atoms with Gasteiger partial charge in [-0.25, -0.2) is 0 Å². The van der Waals surface area contributed by atoms with Crippen molar-refractivity contribution in [3.63, 3.8) is 0 Å². The second kappa shape index (κ2) is 8.20. The summed E-state index contributed by atoms with van der Waals surface area (Å²) in [5, 5.41) is 2.11. The topological polar surface area (TPSA) is 9.23 Å². The van der Waals surface area contributed by atoms with E-state index in [-0.39, 0.29) is 0 Å². The molecule has 0 saturated heterocycles. The van der Waals surface area contributed by atoms with Gasteiger partial charge in [0.1, 0.15) is 0 Å². The van der Waals surface area contributed by atoms with Crippen molar-refractivity contribution in [3.05, 3.63) is 22.4 Å². The molecule has 0 spiro atoms. The van der Waals surface area contributed by atoms with Crippen LogP contribution in [0.3, 0.4) is 0 Å². The van der Waals surface area contributed by atoms with Crippen LogP contribution in [0, 0.1) is 5.92 Å². The Kier molecular flexibility index (Phi) is 7.14. The molecular weight excluding hydrogens is 224 g/mol. The standard InChI is InChI=1S/C12H20OS2/c1-2-4-11(10-14)9-13-7-6-12-5-3-8-15-12/h3,5,8,11,14H,2,4,6-7,9-10H2,1H3. The summed E-state index contributed by atoms with van der Waals surface area (Å²) in [7, 11) is 0. The van der Waals surface area contributed by atoms with E-state index in [0.29, 0.717) is 5.92 Å². The molecule has 0 aliphatic heterocycles. The fourth-order valence-electron chi connectivity index (χ4n) is 1.51. The van der Waals surface area contributed by atoms with Gasteiger partial charge in [-0.05, 0) is 29.5 Å². The van der Waals surface area contributed by atoms with Gasteiger partial charge in [-0.3, -0.25) is 0 Å². The molecule has 15 heavy (non-hydrogen) atoms. The normalized spacial score (nSPS) is 12.9. The molecule has 3 heteroatoms. The quantitative estimate of drug-likeness (QED) is 0.542. The molecule has 1 nitrogen and oxygen atoms in total. The van der Waals surface area contributed by atoms with E-state index < -0.39 is 0 Å². The van der Waals surface area contributed by atoms with Crippen LogP contribution in [0.2, 0.25) is 0 Å². The van der Waals surface area contributed by atoms with E-state index in [0.717, 1.165) is 25.4 Å². The average molecular weight is 244 g/mol. The van der Waals surface area contributed by atoms with Gasteiger partial charge >= 0.3 is 0 Å². The Morgan fingerprint density at radius 1 is 1.53 bits per heavy atom. The lowest BCUT2D eigenvalue weighted by atomic mass is 10.1. The molecule has 0 saturated carbocycles. The zero-order chi connectivity index (χ0) is 10.9. The van der Waals surface area contributed by atoms with E-state index >= 15 is 0 Å². The van der Waals surface area contributed by atoms with Gasteiger partial charge in [0.05, 0.1) is 13.2 Å². The van der Waals surface area contributed by atoms with Gasteiger partial charge in [0.15, 0.2) is 0 Å². The summed E-state index contributed by atoms with van der Waals surface area (Å²) in [5.74, 6) is 1.56. The fraction of sp³-hybridized carbons (Fsp3) is 0.667. The van der Waals surface area contributed by atoms with Crippen molar-refractivity contribution in [2.24, 2.45) is 5.92 Å². The van der Waals surface area contributed by atoms with Crippen molar-refractivity contribution in [2.75, 3.05) is 19.0 Å². The van der Waals surface area contributed by atoms with Crippen LogP contribution in [0.15, 0.2) is 17.5 Å². The van der Waals surface area contributed by atoms with Crippen LogP contribution in [0.25, 0.3) is 0 Å². The lowest BCUT2D eigenvalue weighted by molar-refractivity contribution is 0.106. The molecule has 1 unspecified atom stereocenters. The monoisotopic (exact) mass is 244 g/mol. The van der Waals surface area contributed by atoms with Crippen molar-refractivity contribution in [3.8, 4) is 0 Å². The average Bonchev–Trinajstić information content (AvgIpc) is 2.75. The predicted molar refractivity (Wildman–Crippen MR) is 71.1 cm³/mol. The summed E-state index contributed by atoms with van der Waals surface area (Å²) in [4.78, 5) is 1.41. The van der Waals surface area contributed by atoms with E-state index in [1.54, 1.807) is 11.3 Å². The van der Waals surface area contributed by atoms with E-state index in [4.69, 9.17) is 4.74 Å². The van der Waals surface area contributed by atoms with Crippen LogP contribution in [-0.4, -0.2) is 19.0 Å². The first-order valence-corrected chi connectivity index (χ1v) is 7.09. The fourth-order valence-corrected chi connectivity index (χ4v) is 2.49. The minimum absolute atomic E-state index is 0.627. The molecule has 0 aliphatic rings. The molecule has 86 valence electrons. The number of thiol groups is 1. The Labute approximate surface area is 102 Å². The maximum atomic E-state index is 5.67. The Bertz CT molecular complexity index is 234. The minimum Gasteiger partial charge on any atom is -0.381 e. The number of thiophene rings is 1. The van der Waals surface area contributed by atoms with Gasteiger partial charge in [-0.2, -0.15) is 12.6 Å². The molecule has 0 amide bonds. The summed E-state index contributed by atoms with van der Waals surface area (Å²) >= 11 is 6.14. The maximum Gasteiger partial charge on any atom is 0.0514 e. The zero-order valence-corrected chi connectivity index (χ0v) is 11.0. The highest BCUT2D eigenvalue weighted by Crippen LogP contribution is 2.11. The third kappa shape index (κ3) is 5.59. The third-order valence-electron chi connectivity index (χ3n) is 2.38. The molecule has 0 fully saturated rings. The molecule has 1 aromatic heterocycles. The highest BCUT2D eigenvalue weighted by molar-refractivity contribution is 7.80. The summed E-state index contributed by atoms with van der Waals surface area (Å²) in [5.41, 5.74) is 0. The Morgan fingerprint density at radius 2 is 2.40 bits per heavy atom. The van der Waals surface area contributed by atoms with Crippen LogP contribution in [0.5, 0.6) is 0 Å². The smallest absolute Gasteiger partial charge is 0.0514 e. The van der Waals surface area contributed by atoms with Crippen LogP contribution in [0.4, 0.5) is 0 Å². The van der Waals surface area contributed by atoms with Gasteiger partial charge in [-0.15, -0.1) is 11.3 Å². The number of hydrogen-bond donors (Lipinski definition) is 1. The van der Waals surface area contributed by atoms with Crippen LogP contribution in [0.1, 0.15) is 24.6 Å². The van der Waals surface area contributed by atoms with Crippen molar-refractivity contribution >= 4 is 24.0 Å². The largest absolute Gasteiger partial charge is 0.381 e. The molecule has 0 N–H and O–H groups in total. The summed E-state index contributed by atoms with van der Waals surface area (Å²) < 4.78 is 5.67. The van der Waals surface area contributed by atoms with Crippen molar-refractivity contribution in [1.82, 2.24) is 0 Å². The van der Waals surface area contributed by atoms with Crippen molar-refractivity contribution in [2.45, 2.75) is 26.2 Å². The molecule has 0 aromatic carbocycles. The lowest BCUT2D eigenvalue weighted by Gasteiger charge is -2.13. The molecule has 1 aromatic rings. The van der Waals surface area contributed by atoms with Crippen LogP contribution in [-0.2, 0) is 11.2 Å². The number of hydrogen-bond acceptors (Lipinski definition) is 3. The summed E-state index contributed by atoms with van der Waals surface area (Å²) in [6.45, 7) is 3.92. The molecule has 1 atom stereocenters. The molecule has 0 aliphatic carbocycles.